The molecule has 1 aromatic carbocycles. The molecule has 0 N–H and O–H groups in total. The molecule has 1 aliphatic heterocycles. The first-order valence-electron chi connectivity index (χ1n) is 8.55. The van der Waals surface area contributed by atoms with Crippen molar-refractivity contribution in [1.82, 2.24) is 19.9 Å². The van der Waals surface area contributed by atoms with Crippen molar-refractivity contribution in [3.8, 4) is 5.75 Å². The predicted molar refractivity (Wildman–Crippen MR) is 88.9 cm³/mol. The Morgan fingerprint density at radius 2 is 2.04 bits per heavy atom. The Labute approximate surface area is 141 Å². The summed E-state index contributed by atoms with van der Waals surface area (Å²) in [5.74, 6) is 1.60. The highest BCUT2D eigenvalue weighted by molar-refractivity contribution is 5.79. The normalized spacial score (nSPS) is 20.4. The average Bonchev–Trinajstić information content (AvgIpc) is 3.13. The summed E-state index contributed by atoms with van der Waals surface area (Å²) in [5.41, 5.74) is 2.12. The molecule has 1 saturated carbocycles. The maximum atomic E-state index is 12.5. The average molecular weight is 326 g/mol. The monoisotopic (exact) mass is 326 g/mol. The zero-order valence-electron chi connectivity index (χ0n) is 13.9. The van der Waals surface area contributed by atoms with Crippen LogP contribution in [0.2, 0.25) is 0 Å². The summed E-state index contributed by atoms with van der Waals surface area (Å²) < 4.78 is 7.10. The molecule has 1 amide bonds. The largest absolute Gasteiger partial charge is 0.497 e. The van der Waals surface area contributed by atoms with Gasteiger partial charge in [-0.3, -0.25) is 4.79 Å². The smallest absolute Gasteiger partial charge is 0.227 e. The highest BCUT2D eigenvalue weighted by Crippen LogP contribution is 2.39. The Balaban J connectivity index is 1.35. The summed E-state index contributed by atoms with van der Waals surface area (Å²) in [5, 5.41) is 8.55. The van der Waals surface area contributed by atoms with Crippen LogP contribution < -0.4 is 4.74 Å². The number of carbonyl (C=O) groups excluding carboxylic acids is 1. The van der Waals surface area contributed by atoms with Gasteiger partial charge in [-0.25, -0.2) is 4.68 Å². The molecule has 126 valence electrons. The molecule has 24 heavy (non-hydrogen) atoms. The molecule has 2 heterocycles. The second-order valence-electron chi connectivity index (χ2n) is 6.70. The van der Waals surface area contributed by atoms with Crippen LogP contribution in [0.15, 0.2) is 30.5 Å². The van der Waals surface area contributed by atoms with Crippen LogP contribution in [-0.2, 0) is 11.2 Å². The number of methoxy groups -OCH3 is 1. The summed E-state index contributed by atoms with van der Waals surface area (Å²) in [4.78, 5) is 14.5. The Morgan fingerprint density at radius 3 is 2.75 bits per heavy atom. The van der Waals surface area contributed by atoms with E-state index in [1.54, 1.807) is 7.11 Å². The Morgan fingerprint density at radius 1 is 1.25 bits per heavy atom. The van der Waals surface area contributed by atoms with Crippen LogP contribution in [0.5, 0.6) is 5.75 Å². The molecule has 2 aliphatic rings. The molecular weight excluding hydrogens is 304 g/mol. The molecule has 1 unspecified atom stereocenters. The maximum absolute atomic E-state index is 12.5. The van der Waals surface area contributed by atoms with Gasteiger partial charge in [0.15, 0.2) is 0 Å². The maximum Gasteiger partial charge on any atom is 0.227 e. The third kappa shape index (κ3) is 3.13. The van der Waals surface area contributed by atoms with Crippen LogP contribution in [0.4, 0.5) is 0 Å². The minimum absolute atomic E-state index is 0.171. The third-order valence-electron chi connectivity index (χ3n) is 4.93. The van der Waals surface area contributed by atoms with Crippen LogP contribution in [-0.4, -0.2) is 46.0 Å². The summed E-state index contributed by atoms with van der Waals surface area (Å²) in [6.45, 7) is 1.51. The zero-order chi connectivity index (χ0) is 16.5. The van der Waals surface area contributed by atoms with E-state index in [9.17, 15) is 4.79 Å². The number of likely N-dealkylation sites (tertiary alicyclic amines) is 1. The van der Waals surface area contributed by atoms with E-state index in [2.05, 4.69) is 16.5 Å². The van der Waals surface area contributed by atoms with Crippen LogP contribution in [0, 0.1) is 0 Å². The molecule has 1 atom stereocenters. The number of hydrogen-bond acceptors (Lipinski definition) is 4. The molecule has 2 fully saturated rings. The predicted octanol–water partition coefficient (Wildman–Crippen LogP) is 2.18. The van der Waals surface area contributed by atoms with Gasteiger partial charge in [0.1, 0.15) is 5.75 Å². The number of benzene rings is 1. The van der Waals surface area contributed by atoms with Gasteiger partial charge >= 0.3 is 0 Å². The van der Waals surface area contributed by atoms with E-state index in [0.29, 0.717) is 12.3 Å². The molecule has 2 aromatic rings. The number of amides is 1. The second kappa shape index (κ2) is 6.26. The number of aromatic nitrogens is 3. The molecule has 0 radical (unpaired) electrons. The van der Waals surface area contributed by atoms with Gasteiger partial charge in [-0.05, 0) is 37.0 Å². The lowest BCUT2D eigenvalue weighted by molar-refractivity contribution is -0.129. The molecule has 1 saturated heterocycles. The summed E-state index contributed by atoms with van der Waals surface area (Å²) in [6, 6.07) is 7.94. The van der Waals surface area contributed by atoms with E-state index in [1.165, 1.54) is 12.8 Å². The fraction of sp³-hybridized carbons (Fsp3) is 0.500. The molecule has 1 aliphatic carbocycles. The van der Waals surface area contributed by atoms with Crippen molar-refractivity contribution >= 4 is 5.91 Å². The lowest BCUT2D eigenvalue weighted by atomic mass is 10.1. The van der Waals surface area contributed by atoms with Crippen molar-refractivity contribution in [2.75, 3.05) is 20.2 Å². The van der Waals surface area contributed by atoms with Crippen molar-refractivity contribution in [3.63, 3.8) is 0 Å². The van der Waals surface area contributed by atoms with Crippen molar-refractivity contribution < 1.29 is 9.53 Å². The lowest BCUT2D eigenvalue weighted by Gasteiger charge is -2.16. The van der Waals surface area contributed by atoms with Crippen LogP contribution in [0.1, 0.15) is 42.5 Å². The SMILES string of the molecule is COc1ccc(CC(=O)N2CCC(n3cc(C4CC4)nn3)C2)cc1. The van der Waals surface area contributed by atoms with Crippen molar-refractivity contribution in [2.24, 2.45) is 0 Å². The summed E-state index contributed by atoms with van der Waals surface area (Å²) in [6.07, 6.45) is 5.91. The van der Waals surface area contributed by atoms with Gasteiger partial charge in [0.25, 0.3) is 0 Å². The van der Waals surface area contributed by atoms with Gasteiger partial charge in [0.05, 0.1) is 25.3 Å². The van der Waals surface area contributed by atoms with Gasteiger partial charge in [0, 0.05) is 25.2 Å². The lowest BCUT2D eigenvalue weighted by Crippen LogP contribution is -2.30. The molecular formula is C18H22N4O2. The van der Waals surface area contributed by atoms with Gasteiger partial charge in [-0.1, -0.05) is 17.3 Å². The van der Waals surface area contributed by atoms with E-state index >= 15 is 0 Å². The fourth-order valence-electron chi connectivity index (χ4n) is 3.25. The van der Waals surface area contributed by atoms with E-state index in [0.717, 1.165) is 36.5 Å². The molecule has 4 rings (SSSR count). The minimum atomic E-state index is 0.171. The fourth-order valence-corrected chi connectivity index (χ4v) is 3.25. The van der Waals surface area contributed by atoms with Gasteiger partial charge in [-0.2, -0.15) is 0 Å². The number of carbonyl (C=O) groups is 1. The van der Waals surface area contributed by atoms with Crippen LogP contribution >= 0.6 is 0 Å². The van der Waals surface area contributed by atoms with Crippen LogP contribution in [0.3, 0.4) is 0 Å². The zero-order valence-corrected chi connectivity index (χ0v) is 13.9. The molecule has 0 bridgehead atoms. The first kappa shape index (κ1) is 15.2. The van der Waals surface area contributed by atoms with Gasteiger partial charge < -0.3 is 9.64 Å². The Hall–Kier alpha value is -2.37. The molecule has 1 aromatic heterocycles. The van der Waals surface area contributed by atoms with Crippen molar-refractivity contribution in [2.45, 2.75) is 37.6 Å². The van der Waals surface area contributed by atoms with Gasteiger partial charge in [-0.15, -0.1) is 5.10 Å². The highest BCUT2D eigenvalue weighted by Gasteiger charge is 2.31. The van der Waals surface area contributed by atoms with E-state index in [1.807, 2.05) is 33.8 Å². The first-order chi connectivity index (χ1) is 11.7. The first-order valence-corrected chi connectivity index (χ1v) is 8.55. The van der Waals surface area contributed by atoms with E-state index < -0.39 is 0 Å². The number of hydrogen-bond donors (Lipinski definition) is 0. The molecule has 0 spiro atoms. The number of ether oxygens (including phenoxy) is 1. The standard InChI is InChI=1S/C18H22N4O2/c1-24-16-6-2-13(3-7-16)10-18(23)21-9-8-15(11-21)22-12-17(19-20-22)14-4-5-14/h2-3,6-7,12,14-15H,4-5,8-11H2,1H3. The van der Waals surface area contributed by atoms with Crippen molar-refractivity contribution in [3.05, 3.63) is 41.7 Å². The Kier molecular flexibility index (Phi) is 3.96. The quantitative estimate of drug-likeness (QED) is 0.845. The second-order valence-corrected chi connectivity index (χ2v) is 6.70. The topological polar surface area (TPSA) is 60.2 Å². The van der Waals surface area contributed by atoms with Gasteiger partial charge in [0.2, 0.25) is 5.91 Å². The third-order valence-corrected chi connectivity index (χ3v) is 4.93. The highest BCUT2D eigenvalue weighted by atomic mass is 16.5. The molecule has 6 nitrogen and oxygen atoms in total. The van der Waals surface area contributed by atoms with E-state index in [-0.39, 0.29) is 11.9 Å². The molecule has 6 heteroatoms. The summed E-state index contributed by atoms with van der Waals surface area (Å²) in [7, 11) is 1.64. The van der Waals surface area contributed by atoms with Crippen molar-refractivity contribution in [1.29, 1.82) is 0 Å². The minimum Gasteiger partial charge on any atom is -0.497 e. The summed E-state index contributed by atoms with van der Waals surface area (Å²) >= 11 is 0. The number of rotatable bonds is 5. The Bertz CT molecular complexity index is 721. The number of nitrogens with zero attached hydrogens (tertiary/aromatic N) is 4. The van der Waals surface area contributed by atoms with Crippen LogP contribution in [0.25, 0.3) is 0 Å². The van der Waals surface area contributed by atoms with E-state index in [4.69, 9.17) is 4.74 Å².